The smallest absolute Gasteiger partial charge is 0.251 e. The zero-order chi connectivity index (χ0) is 15.5. The molecule has 2 aromatic rings. The molecule has 22 heavy (non-hydrogen) atoms. The first kappa shape index (κ1) is 14.6. The lowest BCUT2D eigenvalue weighted by molar-refractivity contribution is -0.116. The van der Waals surface area contributed by atoms with Gasteiger partial charge in [0.05, 0.1) is 0 Å². The fourth-order valence-corrected chi connectivity index (χ4v) is 2.65. The average Bonchev–Trinajstić information content (AvgIpc) is 2.52. The molecule has 1 aliphatic heterocycles. The van der Waals surface area contributed by atoms with Crippen LogP contribution in [0.4, 0.5) is 5.69 Å². The maximum absolute atomic E-state index is 12.1. The van der Waals surface area contributed by atoms with Gasteiger partial charge in [0.1, 0.15) is 0 Å². The van der Waals surface area contributed by atoms with Crippen LogP contribution in [0.15, 0.2) is 42.5 Å². The van der Waals surface area contributed by atoms with Gasteiger partial charge in [-0.25, -0.2) is 0 Å². The molecule has 0 unspecified atom stereocenters. The second kappa shape index (κ2) is 6.20. The van der Waals surface area contributed by atoms with Crippen LogP contribution in [0.3, 0.4) is 0 Å². The molecule has 1 heterocycles. The third-order valence-electron chi connectivity index (χ3n) is 3.61. The average molecular weight is 315 g/mol. The predicted molar refractivity (Wildman–Crippen MR) is 86.0 cm³/mol. The number of halogens is 1. The summed E-state index contributed by atoms with van der Waals surface area (Å²) in [7, 11) is 0. The summed E-state index contributed by atoms with van der Waals surface area (Å²) in [5.41, 5.74) is 3.51. The second-order valence-corrected chi connectivity index (χ2v) is 5.67. The number of amides is 2. The molecule has 0 spiro atoms. The third-order valence-corrected chi connectivity index (χ3v) is 3.84. The molecular weight excluding hydrogens is 300 g/mol. The van der Waals surface area contributed by atoms with Crippen LogP contribution in [0.2, 0.25) is 5.02 Å². The Balaban J connectivity index is 1.67. The summed E-state index contributed by atoms with van der Waals surface area (Å²) in [4.78, 5) is 23.4. The van der Waals surface area contributed by atoms with Crippen LogP contribution in [0, 0.1) is 0 Å². The standard InChI is InChI=1S/C17H15ClN2O2/c18-14-3-1-2-13(9-14)17(22)19-10-11-4-6-15-12(8-11)5-7-16(21)20-15/h1-4,6,8-9H,5,7,10H2,(H,19,22)(H,20,21). The zero-order valence-electron chi connectivity index (χ0n) is 11.9. The number of fused-ring (bicyclic) bond motifs is 1. The highest BCUT2D eigenvalue weighted by Gasteiger charge is 2.15. The zero-order valence-corrected chi connectivity index (χ0v) is 12.6. The summed E-state index contributed by atoms with van der Waals surface area (Å²) in [6.07, 6.45) is 1.24. The summed E-state index contributed by atoms with van der Waals surface area (Å²) >= 11 is 5.88. The van der Waals surface area contributed by atoms with E-state index in [1.807, 2.05) is 18.2 Å². The van der Waals surface area contributed by atoms with E-state index in [0.29, 0.717) is 23.6 Å². The highest BCUT2D eigenvalue weighted by atomic mass is 35.5. The molecule has 0 aromatic heterocycles. The van der Waals surface area contributed by atoms with Gasteiger partial charge < -0.3 is 10.6 Å². The molecule has 0 saturated heterocycles. The maximum Gasteiger partial charge on any atom is 0.251 e. The maximum atomic E-state index is 12.1. The van der Waals surface area contributed by atoms with Crippen LogP contribution >= 0.6 is 11.6 Å². The lowest BCUT2D eigenvalue weighted by Gasteiger charge is -2.17. The number of carbonyl (C=O) groups is 2. The number of nitrogens with one attached hydrogen (secondary N) is 2. The minimum Gasteiger partial charge on any atom is -0.348 e. The van der Waals surface area contributed by atoms with Gasteiger partial charge >= 0.3 is 0 Å². The molecule has 0 bridgehead atoms. The normalized spacial score (nSPS) is 13.2. The molecule has 0 saturated carbocycles. The molecule has 0 radical (unpaired) electrons. The van der Waals surface area contributed by atoms with E-state index in [1.165, 1.54) is 0 Å². The molecule has 1 aliphatic rings. The number of anilines is 1. The Bertz CT molecular complexity index is 743. The molecule has 5 heteroatoms. The van der Waals surface area contributed by atoms with Gasteiger partial charge in [-0.1, -0.05) is 29.8 Å². The Morgan fingerprint density at radius 1 is 1.18 bits per heavy atom. The lowest BCUT2D eigenvalue weighted by Crippen LogP contribution is -2.23. The molecule has 0 fully saturated rings. The van der Waals surface area contributed by atoms with Gasteiger partial charge in [0.2, 0.25) is 5.91 Å². The first-order valence-corrected chi connectivity index (χ1v) is 7.45. The number of hydrogen-bond donors (Lipinski definition) is 2. The number of rotatable bonds is 3. The first-order chi connectivity index (χ1) is 10.6. The monoisotopic (exact) mass is 314 g/mol. The van der Waals surface area contributed by atoms with Crippen LogP contribution in [0.1, 0.15) is 27.9 Å². The van der Waals surface area contributed by atoms with E-state index in [4.69, 9.17) is 11.6 Å². The van der Waals surface area contributed by atoms with Crippen molar-refractivity contribution >= 4 is 29.1 Å². The van der Waals surface area contributed by atoms with Gasteiger partial charge in [-0.05, 0) is 41.8 Å². The molecule has 0 atom stereocenters. The van der Waals surface area contributed by atoms with Crippen molar-refractivity contribution in [2.24, 2.45) is 0 Å². The molecule has 0 aliphatic carbocycles. The molecule has 3 rings (SSSR count). The molecular formula is C17H15ClN2O2. The van der Waals surface area contributed by atoms with Crippen molar-refractivity contribution in [3.63, 3.8) is 0 Å². The Morgan fingerprint density at radius 3 is 2.86 bits per heavy atom. The fraction of sp³-hybridized carbons (Fsp3) is 0.176. The largest absolute Gasteiger partial charge is 0.348 e. The summed E-state index contributed by atoms with van der Waals surface area (Å²) < 4.78 is 0. The van der Waals surface area contributed by atoms with E-state index < -0.39 is 0 Å². The van der Waals surface area contributed by atoms with Crippen LogP contribution in [0.25, 0.3) is 0 Å². The lowest BCUT2D eigenvalue weighted by atomic mass is 10.0. The molecule has 2 N–H and O–H groups in total. The molecule has 4 nitrogen and oxygen atoms in total. The van der Waals surface area contributed by atoms with E-state index >= 15 is 0 Å². The van der Waals surface area contributed by atoms with Gasteiger partial charge in [-0.3, -0.25) is 9.59 Å². The van der Waals surface area contributed by atoms with Crippen molar-refractivity contribution in [2.45, 2.75) is 19.4 Å². The summed E-state index contributed by atoms with van der Waals surface area (Å²) in [6.45, 7) is 0.437. The van der Waals surface area contributed by atoms with Crippen LogP contribution < -0.4 is 10.6 Å². The predicted octanol–water partition coefficient (Wildman–Crippen LogP) is 3.15. The van der Waals surface area contributed by atoms with Gasteiger partial charge in [0.25, 0.3) is 5.91 Å². The van der Waals surface area contributed by atoms with Crippen LogP contribution in [-0.4, -0.2) is 11.8 Å². The Kier molecular flexibility index (Phi) is 4.11. The van der Waals surface area contributed by atoms with Crippen molar-refractivity contribution in [3.05, 3.63) is 64.2 Å². The van der Waals surface area contributed by atoms with E-state index in [-0.39, 0.29) is 11.8 Å². The minimum absolute atomic E-state index is 0.0505. The van der Waals surface area contributed by atoms with Crippen molar-refractivity contribution in [3.8, 4) is 0 Å². The SMILES string of the molecule is O=C1CCc2cc(CNC(=O)c3cccc(Cl)c3)ccc2N1. The number of aryl methyl sites for hydroxylation is 1. The third kappa shape index (κ3) is 3.28. The van der Waals surface area contributed by atoms with Crippen molar-refractivity contribution < 1.29 is 9.59 Å². The number of hydrogen-bond acceptors (Lipinski definition) is 2. The van der Waals surface area contributed by atoms with Crippen molar-refractivity contribution in [1.82, 2.24) is 5.32 Å². The van der Waals surface area contributed by atoms with E-state index in [2.05, 4.69) is 10.6 Å². The first-order valence-electron chi connectivity index (χ1n) is 7.07. The Morgan fingerprint density at radius 2 is 2.05 bits per heavy atom. The molecule has 2 aromatic carbocycles. The molecule has 112 valence electrons. The Hall–Kier alpha value is -2.33. The van der Waals surface area contributed by atoms with Gasteiger partial charge in [-0.15, -0.1) is 0 Å². The van der Waals surface area contributed by atoms with Crippen molar-refractivity contribution in [2.75, 3.05) is 5.32 Å². The topological polar surface area (TPSA) is 58.2 Å². The Labute approximate surface area is 133 Å². The van der Waals surface area contributed by atoms with Gasteiger partial charge in [0.15, 0.2) is 0 Å². The highest BCUT2D eigenvalue weighted by Crippen LogP contribution is 2.23. The van der Waals surface area contributed by atoms with Crippen LogP contribution in [0.5, 0.6) is 0 Å². The van der Waals surface area contributed by atoms with Gasteiger partial charge in [0, 0.05) is 29.2 Å². The summed E-state index contributed by atoms with van der Waals surface area (Å²) in [6, 6.07) is 12.7. The minimum atomic E-state index is -0.159. The second-order valence-electron chi connectivity index (χ2n) is 5.23. The van der Waals surface area contributed by atoms with E-state index in [9.17, 15) is 9.59 Å². The van der Waals surface area contributed by atoms with E-state index in [0.717, 1.165) is 23.2 Å². The fourth-order valence-electron chi connectivity index (χ4n) is 2.46. The summed E-state index contributed by atoms with van der Waals surface area (Å²) in [5, 5.41) is 6.26. The van der Waals surface area contributed by atoms with Crippen molar-refractivity contribution in [1.29, 1.82) is 0 Å². The quantitative estimate of drug-likeness (QED) is 0.914. The summed E-state index contributed by atoms with van der Waals surface area (Å²) in [5.74, 6) is -0.108. The number of benzene rings is 2. The van der Waals surface area contributed by atoms with E-state index in [1.54, 1.807) is 24.3 Å². The molecule has 2 amide bonds. The van der Waals surface area contributed by atoms with Gasteiger partial charge in [-0.2, -0.15) is 0 Å². The van der Waals surface area contributed by atoms with Crippen LogP contribution in [-0.2, 0) is 17.8 Å². The number of carbonyl (C=O) groups excluding carboxylic acids is 2. The highest BCUT2D eigenvalue weighted by molar-refractivity contribution is 6.30.